The summed E-state index contributed by atoms with van der Waals surface area (Å²) in [6, 6.07) is 29.4. The molecule has 0 bridgehead atoms. The van der Waals surface area contributed by atoms with Crippen LogP contribution in [0.4, 0.5) is 31.1 Å². The van der Waals surface area contributed by atoms with E-state index < -0.39 is 66.9 Å². The number of rotatable bonds is 21. The lowest BCUT2D eigenvalue weighted by atomic mass is 9.97. The number of esters is 1. The molecule has 9 nitrogen and oxygen atoms in total. The second-order valence-electron chi connectivity index (χ2n) is 18.5. The third-order valence-corrected chi connectivity index (χ3v) is 13.5. The first-order chi connectivity index (χ1) is 34.2. The van der Waals surface area contributed by atoms with Crippen LogP contribution in [0.25, 0.3) is 11.1 Å². The van der Waals surface area contributed by atoms with E-state index in [1.54, 1.807) is 39.0 Å². The lowest BCUT2D eigenvalue weighted by molar-refractivity contribution is -0.152. The molecule has 6 rings (SSSR count). The average molecular weight is 1160 g/mol. The summed E-state index contributed by atoms with van der Waals surface area (Å²) >= 11 is 15.3. The number of alkyl halides is 7. The Hall–Kier alpha value is -4.39. The van der Waals surface area contributed by atoms with E-state index in [2.05, 4.69) is 22.6 Å². The van der Waals surface area contributed by atoms with Gasteiger partial charge in [0.25, 0.3) is 5.91 Å². The summed E-state index contributed by atoms with van der Waals surface area (Å²) < 4.78 is 84.2. The molecule has 4 aromatic rings. The number of carbonyl (C=O) groups is 4. The highest BCUT2D eigenvalue weighted by atomic mass is 127. The van der Waals surface area contributed by atoms with Gasteiger partial charge in [-0.15, -0.1) is 0 Å². The molecule has 1 heterocycles. The molecular formula is C54H63Cl2F6IN2O7. The fraction of sp³-hybridized carbons (Fsp3) is 0.481. The van der Waals surface area contributed by atoms with Crippen LogP contribution in [0.5, 0.6) is 0 Å². The molecule has 4 atom stereocenters. The monoisotopic (exact) mass is 1160 g/mol. The number of hydrogen-bond donors (Lipinski definition) is 1. The fourth-order valence-corrected chi connectivity index (χ4v) is 9.69. The van der Waals surface area contributed by atoms with Crippen molar-refractivity contribution in [2.45, 2.75) is 147 Å². The Labute approximate surface area is 442 Å². The Morgan fingerprint density at radius 1 is 0.708 bits per heavy atom. The standard InChI is InChI=1S/C27H32Cl2F2N2O3.C23H24F2O4.C4H7F2I/c1-17(18-11-6-5-7-12-18)32-21(15-8-9-16-22(30)31)25(34)33(26(35)36-27(2,3)4)24(32)23-19(28)13-10-14-20(23)29;24-21(25)12-6-1-7-15(23(27)28)13-22(26)29-14-20-18-10-4-2-8-16(18)17-9-3-5-11-19(17)20;5-4(6)2-1-3-7/h5-7,10-14,17,21-22,24H,8-9,15-16H2,1-4H3;2-5,8-11,15,20-21H,1,6-7,12-14H2,(H,27,28);4H,1-3H2/t17-,21+,24-;15-;/m11./s1. The van der Waals surface area contributed by atoms with E-state index >= 15 is 0 Å². The second kappa shape index (κ2) is 29.5. The van der Waals surface area contributed by atoms with Crippen LogP contribution in [0.1, 0.15) is 139 Å². The number of ether oxygens (including phenoxy) is 2. The van der Waals surface area contributed by atoms with Gasteiger partial charge in [0.05, 0.1) is 18.4 Å². The van der Waals surface area contributed by atoms with Crippen molar-refractivity contribution in [1.29, 1.82) is 0 Å². The molecule has 18 heteroatoms. The molecule has 1 aliphatic heterocycles. The SMILES string of the molecule is C[C@H](c1ccccc1)N1[C@@H](CCCCC(F)F)C(=O)N(C(=O)OC(C)(C)C)[C@@H]1c1c(Cl)cccc1Cl.FC(F)CCCI.O=C(C[C@@H](CCCCC(F)F)C(=O)O)OCC1c2ccccc2-c2ccccc21. The number of aliphatic carboxylic acids is 1. The molecule has 0 aromatic heterocycles. The number of unbranched alkanes of at least 4 members (excludes halogenated alkanes) is 2. The zero-order valence-electron chi connectivity index (χ0n) is 40.7. The Kier molecular flexibility index (Phi) is 24.6. The number of carboxylic acids is 1. The minimum Gasteiger partial charge on any atom is -0.481 e. The van der Waals surface area contributed by atoms with Gasteiger partial charge in [0.15, 0.2) is 0 Å². The van der Waals surface area contributed by atoms with E-state index in [-0.39, 0.29) is 63.5 Å². The third-order valence-electron chi connectivity index (χ3n) is 12.1. The van der Waals surface area contributed by atoms with E-state index in [1.165, 1.54) is 0 Å². The maximum atomic E-state index is 13.9. The molecule has 72 heavy (non-hydrogen) atoms. The highest BCUT2D eigenvalue weighted by Gasteiger charge is 2.53. The lowest BCUT2D eigenvalue weighted by Crippen LogP contribution is -2.41. The number of nitrogens with zero attached hydrogens (tertiary/aromatic N) is 2. The zero-order valence-corrected chi connectivity index (χ0v) is 44.4. The van der Waals surface area contributed by atoms with Crippen LogP contribution >= 0.6 is 45.8 Å². The number of fused-ring (bicyclic) bond motifs is 3. The Morgan fingerprint density at radius 3 is 1.71 bits per heavy atom. The van der Waals surface area contributed by atoms with Crippen LogP contribution < -0.4 is 0 Å². The smallest absolute Gasteiger partial charge is 0.418 e. The van der Waals surface area contributed by atoms with Crippen LogP contribution in [0.2, 0.25) is 10.0 Å². The highest BCUT2D eigenvalue weighted by Crippen LogP contribution is 2.48. The van der Waals surface area contributed by atoms with Gasteiger partial charge in [0, 0.05) is 46.8 Å². The fourth-order valence-electron chi connectivity index (χ4n) is 8.65. The van der Waals surface area contributed by atoms with Crippen LogP contribution in [-0.2, 0) is 23.9 Å². The second-order valence-corrected chi connectivity index (χ2v) is 20.4. The predicted octanol–water partition coefficient (Wildman–Crippen LogP) is 15.8. The topological polar surface area (TPSA) is 113 Å². The van der Waals surface area contributed by atoms with Crippen molar-refractivity contribution in [3.8, 4) is 11.1 Å². The first kappa shape index (κ1) is 60.2. The minimum atomic E-state index is -2.41. The number of halogens is 9. The summed E-state index contributed by atoms with van der Waals surface area (Å²) in [6.07, 6.45) is -6.98. The summed E-state index contributed by atoms with van der Waals surface area (Å²) in [4.78, 5) is 53.9. The molecule has 2 amide bonds. The number of imide groups is 1. The Morgan fingerprint density at radius 2 is 1.21 bits per heavy atom. The lowest BCUT2D eigenvalue weighted by Gasteiger charge is -2.36. The van der Waals surface area contributed by atoms with Gasteiger partial charge >= 0.3 is 18.0 Å². The number of carbonyl (C=O) groups excluding carboxylic acids is 3. The van der Waals surface area contributed by atoms with Crippen LogP contribution in [0.15, 0.2) is 97.1 Å². The van der Waals surface area contributed by atoms with Gasteiger partial charge in [0.1, 0.15) is 18.4 Å². The van der Waals surface area contributed by atoms with Gasteiger partial charge in [-0.3, -0.25) is 19.3 Å². The number of amides is 2. The molecule has 1 N–H and O–H groups in total. The van der Waals surface area contributed by atoms with Crippen molar-refractivity contribution in [2.75, 3.05) is 11.0 Å². The van der Waals surface area contributed by atoms with Crippen LogP contribution in [0, 0.1) is 5.92 Å². The van der Waals surface area contributed by atoms with Gasteiger partial charge in [-0.25, -0.2) is 36.0 Å². The molecular weight excluding hydrogens is 1100 g/mol. The number of hydrogen-bond acceptors (Lipinski definition) is 7. The van der Waals surface area contributed by atoms with Crippen molar-refractivity contribution in [3.05, 3.63) is 129 Å². The molecule has 0 unspecified atom stereocenters. The van der Waals surface area contributed by atoms with E-state index in [0.717, 1.165) is 37.1 Å². The minimum absolute atomic E-state index is 0.0585. The molecule has 1 fully saturated rings. The molecule has 1 saturated heterocycles. The normalized spacial score (nSPS) is 16.4. The van der Waals surface area contributed by atoms with Gasteiger partial charge in [-0.05, 0) is 104 Å². The van der Waals surface area contributed by atoms with Crippen LogP contribution in [0.3, 0.4) is 0 Å². The zero-order chi connectivity index (χ0) is 53.1. The third kappa shape index (κ3) is 17.9. The van der Waals surface area contributed by atoms with Crippen molar-refractivity contribution >= 4 is 69.7 Å². The largest absolute Gasteiger partial charge is 0.481 e. The average Bonchev–Trinajstić information content (AvgIpc) is 3.80. The molecule has 0 saturated carbocycles. The first-order valence-electron chi connectivity index (χ1n) is 24.0. The summed E-state index contributed by atoms with van der Waals surface area (Å²) in [6.45, 7) is 7.23. The Balaban J connectivity index is 0.000000280. The summed E-state index contributed by atoms with van der Waals surface area (Å²) in [5.74, 6) is -3.14. The molecule has 394 valence electrons. The molecule has 0 radical (unpaired) electrons. The van der Waals surface area contributed by atoms with E-state index in [1.807, 2.05) is 90.7 Å². The molecule has 4 aromatic carbocycles. The Bertz CT molecular complexity index is 2300. The molecule has 1 aliphatic carbocycles. The quantitative estimate of drug-likeness (QED) is 0.0289. The van der Waals surface area contributed by atoms with Gasteiger partial charge in [0.2, 0.25) is 19.3 Å². The summed E-state index contributed by atoms with van der Waals surface area (Å²) in [7, 11) is 0. The van der Waals surface area contributed by atoms with Gasteiger partial charge in [-0.1, -0.05) is 144 Å². The van der Waals surface area contributed by atoms with Gasteiger partial charge in [-0.2, -0.15) is 0 Å². The predicted molar refractivity (Wildman–Crippen MR) is 276 cm³/mol. The van der Waals surface area contributed by atoms with Gasteiger partial charge < -0.3 is 14.6 Å². The van der Waals surface area contributed by atoms with E-state index in [4.69, 9.17) is 32.7 Å². The van der Waals surface area contributed by atoms with Crippen LogP contribution in [-0.4, -0.2) is 80.8 Å². The van der Waals surface area contributed by atoms with E-state index in [9.17, 15) is 50.6 Å². The molecule has 2 aliphatic rings. The number of benzene rings is 4. The summed E-state index contributed by atoms with van der Waals surface area (Å²) in [5.41, 5.74) is 4.89. The maximum absolute atomic E-state index is 13.9. The first-order valence-corrected chi connectivity index (χ1v) is 26.2. The van der Waals surface area contributed by atoms with E-state index in [0.29, 0.717) is 41.3 Å². The van der Waals surface area contributed by atoms with Crippen molar-refractivity contribution in [3.63, 3.8) is 0 Å². The highest BCUT2D eigenvalue weighted by molar-refractivity contribution is 14.1. The molecule has 0 spiro atoms. The maximum Gasteiger partial charge on any atom is 0.418 e. The van der Waals surface area contributed by atoms with Crippen molar-refractivity contribution in [1.82, 2.24) is 9.80 Å². The van der Waals surface area contributed by atoms with Crippen molar-refractivity contribution in [2.24, 2.45) is 5.92 Å². The van der Waals surface area contributed by atoms with Crippen molar-refractivity contribution < 1.29 is 60.1 Å². The summed E-state index contributed by atoms with van der Waals surface area (Å²) in [5, 5.41) is 9.92. The number of carboxylic acid groups (broad SMARTS) is 1.